The standard InChI is InChI=1S/C18H20ClN5O2/c19-13-5-3-12(4-6-13)17-21-8-7-15(23-17)18(26)22-14-2-1-9-24(10-14)11-16(20)25/h3-8,14H,1-2,9-11H2,(H2,20,25)(H,22,26). The lowest BCUT2D eigenvalue weighted by atomic mass is 10.1. The van der Waals surface area contributed by atoms with Crippen LogP contribution in [0.25, 0.3) is 11.4 Å². The first-order chi connectivity index (χ1) is 12.5. The zero-order chi connectivity index (χ0) is 18.5. The molecule has 1 aliphatic heterocycles. The van der Waals surface area contributed by atoms with Gasteiger partial charge >= 0.3 is 0 Å². The summed E-state index contributed by atoms with van der Waals surface area (Å²) >= 11 is 5.89. The molecule has 26 heavy (non-hydrogen) atoms. The van der Waals surface area contributed by atoms with E-state index in [1.165, 1.54) is 0 Å². The van der Waals surface area contributed by atoms with Crippen molar-refractivity contribution in [1.29, 1.82) is 0 Å². The molecule has 3 N–H and O–H groups in total. The molecule has 0 spiro atoms. The molecule has 1 saturated heterocycles. The summed E-state index contributed by atoms with van der Waals surface area (Å²) in [5.74, 6) is -0.151. The lowest BCUT2D eigenvalue weighted by Gasteiger charge is -2.32. The Morgan fingerprint density at radius 3 is 2.77 bits per heavy atom. The van der Waals surface area contributed by atoms with E-state index in [1.807, 2.05) is 17.0 Å². The Labute approximate surface area is 156 Å². The largest absolute Gasteiger partial charge is 0.369 e. The molecule has 2 heterocycles. The van der Waals surface area contributed by atoms with E-state index in [0.717, 1.165) is 24.9 Å². The predicted molar refractivity (Wildman–Crippen MR) is 98.6 cm³/mol. The Kier molecular flexibility index (Phi) is 5.80. The third-order valence-corrected chi connectivity index (χ3v) is 4.46. The monoisotopic (exact) mass is 373 g/mol. The summed E-state index contributed by atoms with van der Waals surface area (Å²) in [6.07, 6.45) is 3.32. The number of primary amides is 1. The van der Waals surface area contributed by atoms with Crippen LogP contribution in [0.15, 0.2) is 36.5 Å². The molecular weight excluding hydrogens is 354 g/mol. The molecule has 2 aromatic rings. The number of aromatic nitrogens is 2. The molecule has 136 valence electrons. The number of rotatable bonds is 5. The number of nitrogens with two attached hydrogens (primary N) is 1. The number of nitrogens with one attached hydrogen (secondary N) is 1. The molecule has 3 rings (SSSR count). The number of likely N-dealkylation sites (tertiary alicyclic amines) is 1. The van der Waals surface area contributed by atoms with E-state index in [0.29, 0.717) is 23.1 Å². The molecule has 1 aromatic heterocycles. The SMILES string of the molecule is NC(=O)CN1CCCC(NC(=O)c2ccnc(-c3ccc(Cl)cc3)n2)C1. The van der Waals surface area contributed by atoms with E-state index in [-0.39, 0.29) is 24.4 Å². The van der Waals surface area contributed by atoms with Gasteiger partial charge in [0, 0.05) is 29.4 Å². The number of amides is 2. The molecule has 1 aromatic carbocycles. The number of hydrogen-bond acceptors (Lipinski definition) is 5. The second-order valence-corrected chi connectivity index (χ2v) is 6.72. The average molecular weight is 374 g/mol. The van der Waals surface area contributed by atoms with Gasteiger partial charge in [0.05, 0.1) is 6.54 Å². The van der Waals surface area contributed by atoms with Crippen LogP contribution in [0.4, 0.5) is 0 Å². The summed E-state index contributed by atoms with van der Waals surface area (Å²) in [4.78, 5) is 34.2. The fourth-order valence-electron chi connectivity index (χ4n) is 3.02. The van der Waals surface area contributed by atoms with Gasteiger partial charge in [0.2, 0.25) is 5.91 Å². The highest BCUT2D eigenvalue weighted by Crippen LogP contribution is 2.18. The van der Waals surface area contributed by atoms with Gasteiger partial charge in [-0.1, -0.05) is 11.6 Å². The Morgan fingerprint density at radius 2 is 2.04 bits per heavy atom. The lowest BCUT2D eigenvalue weighted by molar-refractivity contribution is -0.119. The fraction of sp³-hybridized carbons (Fsp3) is 0.333. The predicted octanol–water partition coefficient (Wildman–Crippen LogP) is 1.48. The van der Waals surface area contributed by atoms with Gasteiger partial charge in [-0.15, -0.1) is 0 Å². The van der Waals surface area contributed by atoms with Crippen LogP contribution in [0.5, 0.6) is 0 Å². The molecule has 8 heteroatoms. The Morgan fingerprint density at radius 1 is 1.27 bits per heavy atom. The molecular formula is C18H20ClN5O2. The van der Waals surface area contributed by atoms with Crippen LogP contribution < -0.4 is 11.1 Å². The van der Waals surface area contributed by atoms with Crippen molar-refractivity contribution in [1.82, 2.24) is 20.2 Å². The molecule has 0 radical (unpaired) electrons. The van der Waals surface area contributed by atoms with E-state index in [1.54, 1.807) is 24.4 Å². The third kappa shape index (κ3) is 4.77. The smallest absolute Gasteiger partial charge is 0.270 e. The quantitative estimate of drug-likeness (QED) is 0.826. The Bertz CT molecular complexity index is 796. The van der Waals surface area contributed by atoms with Gasteiger partial charge < -0.3 is 11.1 Å². The highest BCUT2D eigenvalue weighted by atomic mass is 35.5. The van der Waals surface area contributed by atoms with Crippen LogP contribution in [0, 0.1) is 0 Å². The van der Waals surface area contributed by atoms with Crippen LogP contribution >= 0.6 is 11.6 Å². The van der Waals surface area contributed by atoms with Crippen molar-refractivity contribution < 1.29 is 9.59 Å². The van der Waals surface area contributed by atoms with E-state index < -0.39 is 0 Å². The maximum Gasteiger partial charge on any atom is 0.270 e. The highest BCUT2D eigenvalue weighted by Gasteiger charge is 2.23. The summed E-state index contributed by atoms with van der Waals surface area (Å²) in [6, 6.07) is 8.66. The highest BCUT2D eigenvalue weighted by molar-refractivity contribution is 6.30. The second-order valence-electron chi connectivity index (χ2n) is 6.29. The lowest BCUT2D eigenvalue weighted by Crippen LogP contribution is -2.49. The van der Waals surface area contributed by atoms with E-state index >= 15 is 0 Å². The molecule has 1 fully saturated rings. The van der Waals surface area contributed by atoms with Gasteiger partial charge in [-0.05, 0) is 49.7 Å². The van der Waals surface area contributed by atoms with Crippen LogP contribution in [-0.2, 0) is 4.79 Å². The van der Waals surface area contributed by atoms with Crippen LogP contribution in [-0.4, -0.2) is 52.4 Å². The second kappa shape index (κ2) is 8.25. The molecule has 7 nitrogen and oxygen atoms in total. The van der Waals surface area contributed by atoms with Crippen molar-refractivity contribution in [3.8, 4) is 11.4 Å². The molecule has 1 aliphatic rings. The molecule has 0 saturated carbocycles. The number of benzene rings is 1. The molecule has 0 aliphatic carbocycles. The Hall–Kier alpha value is -2.51. The van der Waals surface area contributed by atoms with E-state index in [2.05, 4.69) is 15.3 Å². The van der Waals surface area contributed by atoms with Gasteiger partial charge in [-0.3, -0.25) is 14.5 Å². The number of carbonyl (C=O) groups excluding carboxylic acids is 2. The van der Waals surface area contributed by atoms with Crippen molar-refractivity contribution in [2.45, 2.75) is 18.9 Å². The minimum absolute atomic E-state index is 0.0375. The van der Waals surface area contributed by atoms with Gasteiger partial charge in [0.25, 0.3) is 5.91 Å². The number of carbonyl (C=O) groups is 2. The first kappa shape index (κ1) is 18.3. The molecule has 1 unspecified atom stereocenters. The number of piperidine rings is 1. The number of nitrogens with zero attached hydrogens (tertiary/aromatic N) is 3. The van der Waals surface area contributed by atoms with Crippen LogP contribution in [0.2, 0.25) is 5.02 Å². The van der Waals surface area contributed by atoms with Crippen molar-refractivity contribution in [2.24, 2.45) is 5.73 Å². The van der Waals surface area contributed by atoms with Gasteiger partial charge in [-0.2, -0.15) is 0 Å². The van der Waals surface area contributed by atoms with Crippen molar-refractivity contribution >= 4 is 23.4 Å². The van der Waals surface area contributed by atoms with Gasteiger partial charge in [0.15, 0.2) is 5.82 Å². The van der Waals surface area contributed by atoms with Crippen molar-refractivity contribution in [2.75, 3.05) is 19.6 Å². The first-order valence-corrected chi connectivity index (χ1v) is 8.79. The normalized spacial score (nSPS) is 17.7. The maximum absolute atomic E-state index is 12.5. The minimum atomic E-state index is -0.361. The maximum atomic E-state index is 12.5. The topological polar surface area (TPSA) is 101 Å². The molecule has 0 bridgehead atoms. The molecule has 2 amide bonds. The minimum Gasteiger partial charge on any atom is -0.369 e. The number of halogens is 1. The summed E-state index contributed by atoms with van der Waals surface area (Å²) < 4.78 is 0. The van der Waals surface area contributed by atoms with Crippen LogP contribution in [0.3, 0.4) is 0 Å². The number of hydrogen-bond donors (Lipinski definition) is 2. The molecule has 1 atom stereocenters. The van der Waals surface area contributed by atoms with Gasteiger partial charge in [-0.25, -0.2) is 9.97 Å². The van der Waals surface area contributed by atoms with Crippen LogP contribution in [0.1, 0.15) is 23.3 Å². The van der Waals surface area contributed by atoms with Crippen molar-refractivity contribution in [3.63, 3.8) is 0 Å². The third-order valence-electron chi connectivity index (χ3n) is 4.21. The summed E-state index contributed by atoms with van der Waals surface area (Å²) in [6.45, 7) is 1.62. The summed E-state index contributed by atoms with van der Waals surface area (Å²) in [5, 5.41) is 3.61. The Balaban J connectivity index is 1.67. The first-order valence-electron chi connectivity index (χ1n) is 8.42. The zero-order valence-electron chi connectivity index (χ0n) is 14.2. The van der Waals surface area contributed by atoms with E-state index in [4.69, 9.17) is 17.3 Å². The summed E-state index contributed by atoms with van der Waals surface area (Å²) in [7, 11) is 0. The average Bonchev–Trinajstić information content (AvgIpc) is 2.62. The van der Waals surface area contributed by atoms with Gasteiger partial charge in [0.1, 0.15) is 5.69 Å². The zero-order valence-corrected chi connectivity index (χ0v) is 14.9. The van der Waals surface area contributed by atoms with Crippen molar-refractivity contribution in [3.05, 3.63) is 47.2 Å². The summed E-state index contributed by atoms with van der Waals surface area (Å²) in [5.41, 5.74) is 6.34. The van der Waals surface area contributed by atoms with E-state index in [9.17, 15) is 9.59 Å². The fourth-order valence-corrected chi connectivity index (χ4v) is 3.15.